The van der Waals surface area contributed by atoms with Crippen molar-refractivity contribution in [1.29, 1.82) is 0 Å². The smallest absolute Gasteiger partial charge is 0.0589 e. The second-order valence-electron chi connectivity index (χ2n) is 6.76. The van der Waals surface area contributed by atoms with Crippen molar-refractivity contribution in [2.45, 2.75) is 72.9 Å². The van der Waals surface area contributed by atoms with Crippen molar-refractivity contribution in [2.24, 2.45) is 5.41 Å². The van der Waals surface area contributed by atoms with E-state index in [-0.39, 0.29) is 0 Å². The van der Waals surface area contributed by atoms with Gasteiger partial charge in [0.25, 0.3) is 0 Å². The van der Waals surface area contributed by atoms with Crippen LogP contribution in [0, 0.1) is 5.41 Å². The van der Waals surface area contributed by atoms with Crippen molar-refractivity contribution in [3.63, 3.8) is 0 Å². The standard InChI is InChI=1S/C17H38N2O/c1-8-15(9-2)19(13-14-20-7)12-11-16(18-10-3)17(4,5)6/h15-16,18H,8-14H2,1-7H3. The lowest BCUT2D eigenvalue weighted by molar-refractivity contribution is 0.105. The first-order valence-electron chi connectivity index (χ1n) is 8.36. The largest absolute Gasteiger partial charge is 0.383 e. The lowest BCUT2D eigenvalue weighted by atomic mass is 9.84. The summed E-state index contributed by atoms with van der Waals surface area (Å²) in [7, 11) is 1.79. The van der Waals surface area contributed by atoms with Crippen LogP contribution in [0.2, 0.25) is 0 Å². The van der Waals surface area contributed by atoms with Gasteiger partial charge in [0.1, 0.15) is 0 Å². The molecule has 0 aliphatic rings. The van der Waals surface area contributed by atoms with Gasteiger partial charge in [-0.05, 0) is 31.2 Å². The summed E-state index contributed by atoms with van der Waals surface area (Å²) in [6.07, 6.45) is 3.65. The Balaban J connectivity index is 4.54. The molecule has 0 aliphatic heterocycles. The monoisotopic (exact) mass is 286 g/mol. The molecule has 0 radical (unpaired) electrons. The summed E-state index contributed by atoms with van der Waals surface area (Å²) in [5.41, 5.74) is 0.316. The molecule has 0 saturated carbocycles. The topological polar surface area (TPSA) is 24.5 Å². The molecule has 0 spiro atoms. The molecule has 0 saturated heterocycles. The van der Waals surface area contributed by atoms with E-state index in [1.165, 1.54) is 19.3 Å². The third-order valence-corrected chi connectivity index (χ3v) is 4.24. The Morgan fingerprint density at radius 2 is 1.65 bits per heavy atom. The molecule has 1 unspecified atom stereocenters. The van der Waals surface area contributed by atoms with Gasteiger partial charge in [0.2, 0.25) is 0 Å². The van der Waals surface area contributed by atoms with Gasteiger partial charge in [-0.3, -0.25) is 4.90 Å². The highest BCUT2D eigenvalue weighted by Crippen LogP contribution is 2.22. The molecule has 0 fully saturated rings. The summed E-state index contributed by atoms with van der Waals surface area (Å²) < 4.78 is 5.28. The Kier molecular flexibility index (Phi) is 10.5. The Morgan fingerprint density at radius 1 is 1.05 bits per heavy atom. The molecular formula is C17H38N2O. The summed E-state index contributed by atoms with van der Waals surface area (Å²) in [4.78, 5) is 2.61. The van der Waals surface area contributed by atoms with E-state index in [0.717, 1.165) is 26.2 Å². The maximum Gasteiger partial charge on any atom is 0.0589 e. The van der Waals surface area contributed by atoms with Gasteiger partial charge in [0.05, 0.1) is 6.61 Å². The van der Waals surface area contributed by atoms with E-state index < -0.39 is 0 Å². The summed E-state index contributed by atoms with van der Waals surface area (Å²) in [5, 5.41) is 3.65. The maximum atomic E-state index is 5.28. The van der Waals surface area contributed by atoms with Crippen LogP contribution in [0.15, 0.2) is 0 Å². The zero-order chi connectivity index (χ0) is 15.6. The summed E-state index contributed by atoms with van der Waals surface area (Å²) >= 11 is 0. The van der Waals surface area contributed by atoms with Gasteiger partial charge in [-0.1, -0.05) is 41.5 Å². The number of hydrogen-bond donors (Lipinski definition) is 1. The van der Waals surface area contributed by atoms with Crippen LogP contribution >= 0.6 is 0 Å². The molecule has 1 N–H and O–H groups in total. The number of ether oxygens (including phenoxy) is 1. The number of hydrogen-bond acceptors (Lipinski definition) is 3. The molecule has 20 heavy (non-hydrogen) atoms. The molecule has 0 heterocycles. The average molecular weight is 287 g/mol. The van der Waals surface area contributed by atoms with Gasteiger partial charge in [-0.25, -0.2) is 0 Å². The van der Waals surface area contributed by atoms with Crippen molar-refractivity contribution >= 4 is 0 Å². The van der Waals surface area contributed by atoms with Gasteiger partial charge in [0.15, 0.2) is 0 Å². The van der Waals surface area contributed by atoms with Gasteiger partial charge in [0, 0.05) is 32.3 Å². The summed E-state index contributed by atoms with van der Waals surface area (Å²) in [5.74, 6) is 0. The third kappa shape index (κ3) is 7.61. The first kappa shape index (κ1) is 19.9. The van der Waals surface area contributed by atoms with Crippen LogP contribution in [0.4, 0.5) is 0 Å². The summed E-state index contributed by atoms with van der Waals surface area (Å²) in [6.45, 7) is 17.9. The Morgan fingerprint density at radius 3 is 2.05 bits per heavy atom. The van der Waals surface area contributed by atoms with Gasteiger partial charge < -0.3 is 10.1 Å². The SMILES string of the molecule is CCNC(CCN(CCOC)C(CC)CC)C(C)(C)C. The van der Waals surface area contributed by atoms with Gasteiger partial charge in [-0.15, -0.1) is 0 Å². The lowest BCUT2D eigenvalue weighted by Gasteiger charge is -2.36. The first-order chi connectivity index (χ1) is 9.40. The van der Waals surface area contributed by atoms with E-state index in [9.17, 15) is 0 Å². The second kappa shape index (κ2) is 10.6. The van der Waals surface area contributed by atoms with Crippen LogP contribution in [0.1, 0.15) is 60.8 Å². The highest BCUT2D eigenvalue weighted by Gasteiger charge is 2.25. The van der Waals surface area contributed by atoms with Crippen LogP contribution in [-0.4, -0.2) is 50.3 Å². The van der Waals surface area contributed by atoms with Crippen LogP contribution in [0.5, 0.6) is 0 Å². The number of rotatable bonds is 11. The van der Waals surface area contributed by atoms with Crippen molar-refractivity contribution in [2.75, 3.05) is 33.4 Å². The Hall–Kier alpha value is -0.120. The number of nitrogens with one attached hydrogen (secondary N) is 1. The fourth-order valence-electron chi connectivity index (χ4n) is 2.87. The van der Waals surface area contributed by atoms with Crippen molar-refractivity contribution < 1.29 is 4.74 Å². The van der Waals surface area contributed by atoms with E-state index in [0.29, 0.717) is 17.5 Å². The molecule has 1 atom stereocenters. The molecule has 3 nitrogen and oxygen atoms in total. The summed E-state index contributed by atoms with van der Waals surface area (Å²) in [6, 6.07) is 1.26. The number of methoxy groups -OCH3 is 1. The predicted octanol–water partition coefficient (Wildman–Crippen LogP) is 3.54. The maximum absolute atomic E-state index is 5.28. The molecule has 122 valence electrons. The van der Waals surface area contributed by atoms with E-state index in [4.69, 9.17) is 4.74 Å². The molecule has 0 aliphatic carbocycles. The minimum atomic E-state index is 0.316. The minimum Gasteiger partial charge on any atom is -0.383 e. The van der Waals surface area contributed by atoms with Gasteiger partial charge in [-0.2, -0.15) is 0 Å². The highest BCUT2D eigenvalue weighted by molar-refractivity contribution is 4.82. The molecule has 0 aromatic rings. The third-order valence-electron chi connectivity index (χ3n) is 4.24. The molecule has 0 aromatic heterocycles. The van der Waals surface area contributed by atoms with Crippen molar-refractivity contribution in [3.8, 4) is 0 Å². The predicted molar refractivity (Wildman–Crippen MR) is 89.4 cm³/mol. The normalized spacial score (nSPS) is 14.2. The van der Waals surface area contributed by atoms with Gasteiger partial charge >= 0.3 is 0 Å². The fraction of sp³-hybridized carbons (Fsp3) is 1.00. The highest BCUT2D eigenvalue weighted by atomic mass is 16.5. The van der Waals surface area contributed by atoms with E-state index in [2.05, 4.69) is 51.8 Å². The van der Waals surface area contributed by atoms with Crippen LogP contribution in [0.3, 0.4) is 0 Å². The van der Waals surface area contributed by atoms with E-state index in [1.54, 1.807) is 7.11 Å². The molecule has 3 heteroatoms. The first-order valence-corrected chi connectivity index (χ1v) is 8.36. The second-order valence-corrected chi connectivity index (χ2v) is 6.76. The van der Waals surface area contributed by atoms with Crippen molar-refractivity contribution in [1.82, 2.24) is 10.2 Å². The molecule has 0 amide bonds. The Bertz CT molecular complexity index is 222. The minimum absolute atomic E-state index is 0.316. The van der Waals surface area contributed by atoms with Crippen molar-refractivity contribution in [3.05, 3.63) is 0 Å². The molecule has 0 bridgehead atoms. The Labute approximate surface area is 127 Å². The van der Waals surface area contributed by atoms with Crippen LogP contribution in [-0.2, 0) is 4.74 Å². The van der Waals surface area contributed by atoms with E-state index >= 15 is 0 Å². The fourth-order valence-corrected chi connectivity index (χ4v) is 2.87. The molecular weight excluding hydrogens is 248 g/mol. The van der Waals surface area contributed by atoms with E-state index in [1.807, 2.05) is 0 Å². The molecule has 0 rings (SSSR count). The van der Waals surface area contributed by atoms with Crippen LogP contribution < -0.4 is 5.32 Å². The quantitative estimate of drug-likeness (QED) is 0.629. The zero-order valence-corrected chi connectivity index (χ0v) is 15.0. The number of nitrogens with zero attached hydrogens (tertiary/aromatic N) is 1. The average Bonchev–Trinajstić information content (AvgIpc) is 2.39. The van der Waals surface area contributed by atoms with Crippen LogP contribution in [0.25, 0.3) is 0 Å². The zero-order valence-electron chi connectivity index (χ0n) is 15.0. The lowest BCUT2D eigenvalue weighted by Crippen LogP contribution is -2.45. The molecule has 0 aromatic carbocycles.